The standard InChI is InChI=1S/C23H28FN3O2/c1-2-3-5-18-8-10-19(11-9-18)23(29)27-14-12-26(13-15-27)17-22(28)25-21-7-4-6-20(24)16-21/h4,6-11,16H,2-3,5,12-15,17H2,1H3,(H,25,28). The summed E-state index contributed by atoms with van der Waals surface area (Å²) in [6, 6.07) is 13.7. The van der Waals surface area contributed by atoms with Crippen LogP contribution in [0, 0.1) is 5.82 Å². The maximum absolute atomic E-state index is 13.2. The molecule has 3 rings (SSSR count). The molecule has 0 atom stereocenters. The third-order valence-corrected chi connectivity index (χ3v) is 5.15. The van der Waals surface area contributed by atoms with E-state index in [1.807, 2.05) is 34.1 Å². The van der Waals surface area contributed by atoms with Crippen molar-refractivity contribution in [3.8, 4) is 0 Å². The number of halogens is 1. The first kappa shape index (κ1) is 21.0. The zero-order valence-electron chi connectivity index (χ0n) is 16.9. The zero-order valence-corrected chi connectivity index (χ0v) is 16.9. The summed E-state index contributed by atoms with van der Waals surface area (Å²) in [5.41, 5.74) is 2.42. The van der Waals surface area contributed by atoms with E-state index in [-0.39, 0.29) is 24.2 Å². The van der Waals surface area contributed by atoms with Crippen molar-refractivity contribution in [1.82, 2.24) is 9.80 Å². The third kappa shape index (κ3) is 6.12. The Bertz CT molecular complexity index is 830. The van der Waals surface area contributed by atoms with Crippen LogP contribution in [-0.4, -0.2) is 54.3 Å². The Morgan fingerprint density at radius 2 is 1.76 bits per heavy atom. The molecule has 0 radical (unpaired) electrons. The minimum Gasteiger partial charge on any atom is -0.336 e. The second kappa shape index (κ2) is 10.2. The molecule has 5 nitrogen and oxygen atoms in total. The van der Waals surface area contributed by atoms with E-state index in [9.17, 15) is 14.0 Å². The molecule has 0 spiro atoms. The predicted octanol–water partition coefficient (Wildman–Crippen LogP) is 3.56. The number of unbranched alkanes of at least 4 members (excludes halogenated alkanes) is 1. The summed E-state index contributed by atoms with van der Waals surface area (Å²) in [5, 5.41) is 2.71. The molecule has 0 bridgehead atoms. The fourth-order valence-electron chi connectivity index (χ4n) is 3.46. The van der Waals surface area contributed by atoms with E-state index in [0.717, 1.165) is 19.3 Å². The highest BCUT2D eigenvalue weighted by Crippen LogP contribution is 2.13. The second-order valence-corrected chi connectivity index (χ2v) is 7.43. The van der Waals surface area contributed by atoms with Crippen molar-refractivity contribution in [2.45, 2.75) is 26.2 Å². The summed E-state index contributed by atoms with van der Waals surface area (Å²) in [4.78, 5) is 28.7. The van der Waals surface area contributed by atoms with Crippen molar-refractivity contribution >= 4 is 17.5 Å². The highest BCUT2D eigenvalue weighted by Gasteiger charge is 2.23. The average Bonchev–Trinajstić information content (AvgIpc) is 2.72. The zero-order chi connectivity index (χ0) is 20.6. The van der Waals surface area contributed by atoms with Crippen LogP contribution in [0.1, 0.15) is 35.7 Å². The number of carbonyl (C=O) groups excluding carboxylic acids is 2. The fourth-order valence-corrected chi connectivity index (χ4v) is 3.46. The molecule has 2 aromatic rings. The van der Waals surface area contributed by atoms with Gasteiger partial charge in [-0.25, -0.2) is 4.39 Å². The number of amides is 2. The Labute approximate surface area is 171 Å². The number of anilines is 1. The van der Waals surface area contributed by atoms with Crippen molar-refractivity contribution in [3.05, 3.63) is 65.5 Å². The van der Waals surface area contributed by atoms with E-state index in [2.05, 4.69) is 12.2 Å². The molecule has 1 aliphatic heterocycles. The number of nitrogens with zero attached hydrogens (tertiary/aromatic N) is 2. The minimum absolute atomic E-state index is 0.0379. The lowest BCUT2D eigenvalue weighted by Gasteiger charge is -2.34. The molecule has 1 aliphatic rings. The summed E-state index contributed by atoms with van der Waals surface area (Å²) < 4.78 is 13.2. The number of hydrogen-bond donors (Lipinski definition) is 1. The van der Waals surface area contributed by atoms with Gasteiger partial charge in [0.2, 0.25) is 5.91 Å². The fraction of sp³-hybridized carbons (Fsp3) is 0.391. The molecule has 0 aromatic heterocycles. The molecule has 0 saturated carbocycles. The quantitative estimate of drug-likeness (QED) is 0.777. The number of aryl methyl sites for hydroxylation is 1. The highest BCUT2D eigenvalue weighted by atomic mass is 19.1. The van der Waals surface area contributed by atoms with Gasteiger partial charge in [-0.05, 0) is 48.7 Å². The average molecular weight is 397 g/mol. The van der Waals surface area contributed by atoms with Gasteiger partial charge in [0, 0.05) is 37.4 Å². The Hall–Kier alpha value is -2.73. The molecule has 1 N–H and O–H groups in total. The van der Waals surface area contributed by atoms with E-state index in [1.54, 1.807) is 12.1 Å². The number of nitrogens with one attached hydrogen (secondary N) is 1. The van der Waals surface area contributed by atoms with Crippen LogP contribution in [0.25, 0.3) is 0 Å². The summed E-state index contributed by atoms with van der Waals surface area (Å²) in [5.74, 6) is -0.526. The van der Waals surface area contributed by atoms with Gasteiger partial charge in [0.05, 0.1) is 6.54 Å². The molecule has 1 fully saturated rings. The van der Waals surface area contributed by atoms with Gasteiger partial charge >= 0.3 is 0 Å². The first-order valence-corrected chi connectivity index (χ1v) is 10.2. The number of carbonyl (C=O) groups is 2. The number of benzene rings is 2. The molecule has 2 amide bonds. The van der Waals surface area contributed by atoms with Crippen molar-refractivity contribution in [3.63, 3.8) is 0 Å². The number of rotatable bonds is 7. The van der Waals surface area contributed by atoms with E-state index >= 15 is 0 Å². The van der Waals surface area contributed by atoms with Crippen molar-refractivity contribution in [2.24, 2.45) is 0 Å². The molecule has 154 valence electrons. The Morgan fingerprint density at radius 3 is 2.41 bits per heavy atom. The van der Waals surface area contributed by atoms with E-state index < -0.39 is 0 Å². The first-order valence-electron chi connectivity index (χ1n) is 10.2. The monoisotopic (exact) mass is 397 g/mol. The van der Waals surface area contributed by atoms with Crippen LogP contribution in [0.3, 0.4) is 0 Å². The Kier molecular flexibility index (Phi) is 7.36. The van der Waals surface area contributed by atoms with Crippen LogP contribution in [0.15, 0.2) is 48.5 Å². The second-order valence-electron chi connectivity index (χ2n) is 7.43. The van der Waals surface area contributed by atoms with E-state index in [1.165, 1.54) is 17.7 Å². The van der Waals surface area contributed by atoms with Gasteiger partial charge in [-0.2, -0.15) is 0 Å². The van der Waals surface area contributed by atoms with Gasteiger partial charge in [-0.15, -0.1) is 0 Å². The first-order chi connectivity index (χ1) is 14.0. The lowest BCUT2D eigenvalue weighted by molar-refractivity contribution is -0.117. The summed E-state index contributed by atoms with van der Waals surface area (Å²) >= 11 is 0. The number of hydrogen-bond acceptors (Lipinski definition) is 3. The normalized spacial score (nSPS) is 14.6. The molecular weight excluding hydrogens is 369 g/mol. The topological polar surface area (TPSA) is 52.7 Å². The van der Waals surface area contributed by atoms with Gasteiger partial charge in [-0.1, -0.05) is 31.5 Å². The lowest BCUT2D eigenvalue weighted by Crippen LogP contribution is -2.50. The maximum atomic E-state index is 13.2. The smallest absolute Gasteiger partial charge is 0.253 e. The van der Waals surface area contributed by atoms with Crippen LogP contribution >= 0.6 is 0 Å². The molecule has 6 heteroatoms. The summed E-state index contributed by atoms with van der Waals surface area (Å²) in [6.45, 7) is 4.84. The predicted molar refractivity (Wildman–Crippen MR) is 112 cm³/mol. The summed E-state index contributed by atoms with van der Waals surface area (Å²) in [6.07, 6.45) is 3.36. The SMILES string of the molecule is CCCCc1ccc(C(=O)N2CCN(CC(=O)Nc3cccc(F)c3)CC2)cc1. The Balaban J connectivity index is 1.45. The van der Waals surface area contributed by atoms with Gasteiger partial charge in [-0.3, -0.25) is 14.5 Å². The van der Waals surface area contributed by atoms with Gasteiger partial charge in [0.25, 0.3) is 5.91 Å². The van der Waals surface area contributed by atoms with Crippen LogP contribution in [0.2, 0.25) is 0 Å². The third-order valence-electron chi connectivity index (χ3n) is 5.15. The van der Waals surface area contributed by atoms with Gasteiger partial charge < -0.3 is 10.2 Å². The van der Waals surface area contributed by atoms with Crippen molar-refractivity contribution in [2.75, 3.05) is 38.0 Å². The number of piperazine rings is 1. The largest absolute Gasteiger partial charge is 0.336 e. The Morgan fingerprint density at radius 1 is 1.03 bits per heavy atom. The molecule has 0 unspecified atom stereocenters. The van der Waals surface area contributed by atoms with Crippen molar-refractivity contribution < 1.29 is 14.0 Å². The summed E-state index contributed by atoms with van der Waals surface area (Å²) in [7, 11) is 0. The van der Waals surface area contributed by atoms with Gasteiger partial charge in [0.1, 0.15) is 5.82 Å². The highest BCUT2D eigenvalue weighted by molar-refractivity contribution is 5.94. The lowest BCUT2D eigenvalue weighted by atomic mass is 10.1. The van der Waals surface area contributed by atoms with Crippen LogP contribution in [-0.2, 0) is 11.2 Å². The van der Waals surface area contributed by atoms with Crippen LogP contribution in [0.5, 0.6) is 0 Å². The minimum atomic E-state index is -0.381. The molecule has 29 heavy (non-hydrogen) atoms. The van der Waals surface area contributed by atoms with E-state index in [4.69, 9.17) is 0 Å². The van der Waals surface area contributed by atoms with Crippen LogP contribution < -0.4 is 5.32 Å². The van der Waals surface area contributed by atoms with Crippen molar-refractivity contribution in [1.29, 1.82) is 0 Å². The molecule has 2 aromatic carbocycles. The molecule has 1 heterocycles. The maximum Gasteiger partial charge on any atom is 0.253 e. The molecular formula is C23H28FN3O2. The van der Waals surface area contributed by atoms with E-state index in [0.29, 0.717) is 37.4 Å². The van der Waals surface area contributed by atoms with Gasteiger partial charge in [0.15, 0.2) is 0 Å². The molecule has 1 saturated heterocycles. The molecule has 0 aliphatic carbocycles. The van der Waals surface area contributed by atoms with Crippen LogP contribution in [0.4, 0.5) is 10.1 Å².